The fourth-order valence-electron chi connectivity index (χ4n) is 3.72. The van der Waals surface area contributed by atoms with E-state index in [0.717, 1.165) is 19.3 Å². The van der Waals surface area contributed by atoms with Gasteiger partial charge in [-0.25, -0.2) is 4.57 Å². The van der Waals surface area contributed by atoms with Gasteiger partial charge in [-0.15, -0.1) is 0 Å². The maximum Gasteiger partial charge on any atom is 0.474 e. The standard InChI is InChI=1S/C17H28ClO7P/c1-3-22-26(21,23-4-2)24-11-7-5-6-8-12(19)15-13-9-10-14(25-13)16(15)17(18)20/h13-16H,3-11H2,1-2H3. The number of hydrogen-bond acceptors (Lipinski definition) is 7. The Morgan fingerprint density at radius 3 is 2.19 bits per heavy atom. The van der Waals surface area contributed by atoms with Crippen LogP contribution >= 0.6 is 19.4 Å². The highest BCUT2D eigenvalue weighted by molar-refractivity contribution is 7.48. The Bertz CT molecular complexity index is 531. The lowest BCUT2D eigenvalue weighted by Crippen LogP contribution is -2.36. The molecule has 2 fully saturated rings. The van der Waals surface area contributed by atoms with Gasteiger partial charge in [0.05, 0.1) is 43.9 Å². The second kappa shape index (κ2) is 10.3. The first-order chi connectivity index (χ1) is 12.4. The molecular formula is C17H28ClO7P. The second-order valence-electron chi connectivity index (χ2n) is 6.54. The van der Waals surface area contributed by atoms with Crippen LogP contribution in [-0.4, -0.2) is 43.1 Å². The minimum Gasteiger partial charge on any atom is -0.373 e. The summed E-state index contributed by atoms with van der Waals surface area (Å²) in [5, 5.41) is -0.466. The molecule has 0 aromatic rings. The van der Waals surface area contributed by atoms with E-state index >= 15 is 0 Å². The minimum atomic E-state index is -3.47. The Balaban J connectivity index is 1.67. The van der Waals surface area contributed by atoms with E-state index in [0.29, 0.717) is 19.3 Å². The summed E-state index contributed by atoms with van der Waals surface area (Å²) in [6, 6.07) is 0. The van der Waals surface area contributed by atoms with Crippen LogP contribution in [0.2, 0.25) is 0 Å². The van der Waals surface area contributed by atoms with Crippen LogP contribution in [0, 0.1) is 11.8 Å². The predicted molar refractivity (Wildman–Crippen MR) is 96.0 cm³/mol. The Hall–Kier alpha value is -0.300. The first kappa shape index (κ1) is 22.0. The summed E-state index contributed by atoms with van der Waals surface area (Å²) in [7, 11) is -3.47. The van der Waals surface area contributed by atoms with Crippen LogP contribution in [0.25, 0.3) is 0 Å². The van der Waals surface area contributed by atoms with Gasteiger partial charge in [0.1, 0.15) is 5.78 Å². The molecule has 0 radical (unpaired) electrons. The molecule has 9 heteroatoms. The third kappa shape index (κ3) is 5.60. The summed E-state index contributed by atoms with van der Waals surface area (Å²) in [6.07, 6.45) is 3.70. The van der Waals surface area contributed by atoms with Gasteiger partial charge in [0, 0.05) is 6.42 Å². The normalized spacial score (nSPS) is 27.8. The topological polar surface area (TPSA) is 88.1 Å². The predicted octanol–water partition coefficient (Wildman–Crippen LogP) is 3.87. The van der Waals surface area contributed by atoms with Crippen LogP contribution in [-0.2, 0) is 32.5 Å². The van der Waals surface area contributed by atoms with E-state index in [1.54, 1.807) is 13.8 Å². The summed E-state index contributed by atoms with van der Waals surface area (Å²) >= 11 is 5.68. The van der Waals surface area contributed by atoms with E-state index in [4.69, 9.17) is 29.9 Å². The maximum absolute atomic E-state index is 12.5. The van der Waals surface area contributed by atoms with Crippen molar-refractivity contribution < 1.29 is 32.5 Å². The SMILES string of the molecule is CCOP(=O)(OCC)OCCCCCC(=O)C1C2CCC(O2)C1C(=O)Cl. The number of ether oxygens (including phenoxy) is 1. The number of phosphoric acid groups is 1. The van der Waals surface area contributed by atoms with Crippen LogP contribution in [0.1, 0.15) is 52.4 Å². The van der Waals surface area contributed by atoms with Crippen LogP contribution < -0.4 is 0 Å². The van der Waals surface area contributed by atoms with Crippen molar-refractivity contribution in [2.45, 2.75) is 64.6 Å². The van der Waals surface area contributed by atoms with E-state index in [2.05, 4.69) is 0 Å². The number of Topliss-reactive ketones (excluding diaryl/α,β-unsaturated/α-hetero) is 1. The number of phosphoric ester groups is 1. The molecule has 0 spiro atoms. The molecule has 0 aliphatic carbocycles. The smallest absolute Gasteiger partial charge is 0.373 e. The van der Waals surface area contributed by atoms with Crippen LogP contribution in [0.15, 0.2) is 0 Å². The van der Waals surface area contributed by atoms with Gasteiger partial charge in [0.2, 0.25) is 5.24 Å². The summed E-state index contributed by atoms with van der Waals surface area (Å²) < 4.78 is 33.2. The molecule has 2 heterocycles. The van der Waals surface area contributed by atoms with Crippen molar-refractivity contribution in [3.63, 3.8) is 0 Å². The molecule has 0 N–H and O–H groups in total. The Kier molecular flexibility index (Phi) is 8.71. The molecule has 150 valence electrons. The number of fused-ring (bicyclic) bond motifs is 2. The first-order valence-corrected chi connectivity index (χ1v) is 11.2. The van der Waals surface area contributed by atoms with Crippen molar-refractivity contribution in [3.05, 3.63) is 0 Å². The summed E-state index contributed by atoms with van der Waals surface area (Å²) in [4.78, 5) is 24.1. The lowest BCUT2D eigenvalue weighted by molar-refractivity contribution is -0.129. The van der Waals surface area contributed by atoms with E-state index in [1.807, 2.05) is 0 Å². The summed E-state index contributed by atoms with van der Waals surface area (Å²) in [5.74, 6) is -0.841. The summed E-state index contributed by atoms with van der Waals surface area (Å²) in [6.45, 7) is 4.18. The number of carbonyl (C=O) groups is 2. The van der Waals surface area contributed by atoms with E-state index in [1.165, 1.54) is 0 Å². The van der Waals surface area contributed by atoms with Gasteiger partial charge in [0.25, 0.3) is 0 Å². The third-order valence-corrected chi connectivity index (χ3v) is 6.70. The average Bonchev–Trinajstić information content (AvgIpc) is 3.19. The lowest BCUT2D eigenvalue weighted by Gasteiger charge is -2.23. The quantitative estimate of drug-likeness (QED) is 0.258. The van der Waals surface area contributed by atoms with E-state index in [9.17, 15) is 14.2 Å². The highest BCUT2D eigenvalue weighted by Crippen LogP contribution is 2.49. The maximum atomic E-state index is 12.5. The lowest BCUT2D eigenvalue weighted by atomic mass is 9.76. The Morgan fingerprint density at radius 2 is 1.62 bits per heavy atom. The van der Waals surface area contributed by atoms with Crippen molar-refractivity contribution >= 4 is 30.4 Å². The van der Waals surface area contributed by atoms with Gasteiger partial charge in [-0.3, -0.25) is 23.2 Å². The molecule has 4 unspecified atom stereocenters. The number of carbonyl (C=O) groups excluding carboxylic acids is 2. The van der Waals surface area contributed by atoms with Gasteiger partial charge in [0.15, 0.2) is 0 Å². The zero-order chi connectivity index (χ0) is 19.2. The monoisotopic (exact) mass is 410 g/mol. The molecule has 0 saturated carbocycles. The highest BCUT2D eigenvalue weighted by Gasteiger charge is 2.54. The molecule has 4 atom stereocenters. The summed E-state index contributed by atoms with van der Waals surface area (Å²) in [5.41, 5.74) is 0. The number of ketones is 1. The number of unbranched alkanes of at least 4 members (excludes halogenated alkanes) is 2. The fraction of sp³-hybridized carbons (Fsp3) is 0.882. The molecule has 2 saturated heterocycles. The van der Waals surface area contributed by atoms with Crippen molar-refractivity contribution in [2.24, 2.45) is 11.8 Å². The zero-order valence-electron chi connectivity index (χ0n) is 15.4. The second-order valence-corrected chi connectivity index (χ2v) is 8.58. The van der Waals surface area contributed by atoms with E-state index < -0.39 is 24.9 Å². The van der Waals surface area contributed by atoms with Crippen molar-refractivity contribution in [2.75, 3.05) is 19.8 Å². The zero-order valence-corrected chi connectivity index (χ0v) is 17.0. The molecule has 2 aliphatic heterocycles. The van der Waals surface area contributed by atoms with Crippen LogP contribution in [0.3, 0.4) is 0 Å². The minimum absolute atomic E-state index is 0.0476. The molecule has 0 aromatic carbocycles. The van der Waals surface area contributed by atoms with Crippen molar-refractivity contribution in [1.82, 2.24) is 0 Å². The molecule has 2 rings (SSSR count). The Morgan fingerprint density at radius 1 is 1.00 bits per heavy atom. The van der Waals surface area contributed by atoms with E-state index in [-0.39, 0.29) is 37.8 Å². The highest BCUT2D eigenvalue weighted by atomic mass is 35.5. The van der Waals surface area contributed by atoms with Gasteiger partial charge >= 0.3 is 7.82 Å². The molecule has 0 amide bonds. The largest absolute Gasteiger partial charge is 0.474 e. The number of halogens is 1. The van der Waals surface area contributed by atoms with Crippen LogP contribution in [0.5, 0.6) is 0 Å². The first-order valence-electron chi connectivity index (χ1n) is 9.33. The van der Waals surface area contributed by atoms with Crippen LogP contribution in [0.4, 0.5) is 0 Å². The molecular weight excluding hydrogens is 383 g/mol. The molecule has 2 aliphatic rings. The average molecular weight is 411 g/mol. The molecule has 0 aromatic heterocycles. The van der Waals surface area contributed by atoms with Gasteiger partial charge < -0.3 is 4.74 Å². The molecule has 2 bridgehead atoms. The third-order valence-electron chi connectivity index (χ3n) is 4.80. The molecule has 26 heavy (non-hydrogen) atoms. The fourth-order valence-corrected chi connectivity index (χ4v) is 5.21. The van der Waals surface area contributed by atoms with Gasteiger partial charge in [-0.2, -0.15) is 0 Å². The Labute approximate surface area is 159 Å². The van der Waals surface area contributed by atoms with Crippen molar-refractivity contribution in [1.29, 1.82) is 0 Å². The van der Waals surface area contributed by atoms with Gasteiger partial charge in [-0.1, -0.05) is 6.42 Å². The van der Waals surface area contributed by atoms with Crippen molar-refractivity contribution in [3.8, 4) is 0 Å². The van der Waals surface area contributed by atoms with Gasteiger partial charge in [-0.05, 0) is 51.1 Å². The molecule has 7 nitrogen and oxygen atoms in total. The number of hydrogen-bond donors (Lipinski definition) is 0. The number of rotatable bonds is 13.